The summed E-state index contributed by atoms with van der Waals surface area (Å²) in [4.78, 5) is 14.3. The van der Waals surface area contributed by atoms with Crippen LogP contribution >= 0.6 is 0 Å². The van der Waals surface area contributed by atoms with Crippen LogP contribution < -0.4 is 0 Å². The summed E-state index contributed by atoms with van der Waals surface area (Å²) in [5.74, 6) is 0. The van der Waals surface area contributed by atoms with E-state index in [1.54, 1.807) is 18.2 Å². The number of nitro groups is 1. The molecule has 5 nitrogen and oxygen atoms in total. The molecule has 0 aliphatic heterocycles. The Balaban J connectivity index is 2.78. The summed E-state index contributed by atoms with van der Waals surface area (Å²) in [6, 6.07) is 8.46. The normalized spacial score (nSPS) is 9.94. The highest BCUT2D eigenvalue weighted by Gasteiger charge is 2.14. The maximum absolute atomic E-state index is 10.8. The molecular formula is C11H7N3O2. The number of benzene rings is 1. The third kappa shape index (κ3) is 1.57. The first-order chi connectivity index (χ1) is 7.74. The van der Waals surface area contributed by atoms with Gasteiger partial charge in [0.05, 0.1) is 17.4 Å². The van der Waals surface area contributed by atoms with Crippen molar-refractivity contribution >= 4 is 16.6 Å². The minimum absolute atomic E-state index is 0.0303. The molecular weight excluding hydrogens is 206 g/mol. The number of fused-ring (bicyclic) bond motifs is 1. The van der Waals surface area contributed by atoms with Gasteiger partial charge >= 0.3 is 0 Å². The zero-order chi connectivity index (χ0) is 11.5. The van der Waals surface area contributed by atoms with Gasteiger partial charge in [0.1, 0.15) is 5.52 Å². The molecule has 0 bridgehead atoms. The van der Waals surface area contributed by atoms with Crippen LogP contribution in [-0.2, 0) is 6.42 Å². The van der Waals surface area contributed by atoms with Crippen molar-refractivity contribution in [1.29, 1.82) is 5.26 Å². The number of nitrogens with zero attached hydrogens (tertiary/aromatic N) is 3. The third-order valence-corrected chi connectivity index (χ3v) is 2.30. The summed E-state index contributed by atoms with van der Waals surface area (Å²) in [6.45, 7) is 0. The number of non-ortho nitro benzene ring substituents is 1. The molecule has 1 heterocycles. The Morgan fingerprint density at radius 2 is 2.25 bits per heavy atom. The van der Waals surface area contributed by atoms with E-state index in [1.165, 1.54) is 12.3 Å². The first kappa shape index (κ1) is 10.1. The Morgan fingerprint density at radius 1 is 1.44 bits per heavy atom. The Hall–Kier alpha value is -2.48. The molecule has 0 N–H and O–H groups in total. The third-order valence-electron chi connectivity index (χ3n) is 2.30. The minimum atomic E-state index is -0.467. The van der Waals surface area contributed by atoms with E-state index in [0.717, 1.165) is 5.56 Å². The van der Waals surface area contributed by atoms with Crippen molar-refractivity contribution in [1.82, 2.24) is 4.98 Å². The Morgan fingerprint density at radius 3 is 2.94 bits per heavy atom. The van der Waals surface area contributed by atoms with Crippen molar-refractivity contribution in [2.24, 2.45) is 0 Å². The molecule has 0 atom stereocenters. The van der Waals surface area contributed by atoms with Gasteiger partial charge in [-0.1, -0.05) is 12.1 Å². The van der Waals surface area contributed by atoms with E-state index in [4.69, 9.17) is 5.26 Å². The zero-order valence-corrected chi connectivity index (χ0v) is 8.25. The van der Waals surface area contributed by atoms with Crippen molar-refractivity contribution in [3.63, 3.8) is 0 Å². The second-order valence-corrected chi connectivity index (χ2v) is 3.24. The smallest absolute Gasteiger partial charge is 0.258 e. The topological polar surface area (TPSA) is 79.8 Å². The molecule has 0 radical (unpaired) electrons. The molecule has 0 amide bonds. The van der Waals surface area contributed by atoms with E-state index in [2.05, 4.69) is 4.98 Å². The van der Waals surface area contributed by atoms with Crippen molar-refractivity contribution in [2.75, 3.05) is 0 Å². The van der Waals surface area contributed by atoms with Gasteiger partial charge in [-0.2, -0.15) is 5.26 Å². The molecule has 0 spiro atoms. The fourth-order valence-electron chi connectivity index (χ4n) is 1.60. The predicted octanol–water partition coefficient (Wildman–Crippen LogP) is 2.21. The second kappa shape index (κ2) is 3.95. The van der Waals surface area contributed by atoms with Crippen LogP contribution in [0.5, 0.6) is 0 Å². The highest BCUT2D eigenvalue weighted by Crippen LogP contribution is 2.26. The number of hydrogen-bond acceptors (Lipinski definition) is 4. The predicted molar refractivity (Wildman–Crippen MR) is 57.7 cm³/mol. The van der Waals surface area contributed by atoms with Gasteiger partial charge in [0, 0.05) is 17.6 Å². The fraction of sp³-hybridized carbons (Fsp3) is 0.0909. The second-order valence-electron chi connectivity index (χ2n) is 3.24. The van der Waals surface area contributed by atoms with Gasteiger partial charge in [-0.25, -0.2) is 4.98 Å². The van der Waals surface area contributed by atoms with Gasteiger partial charge in [0.2, 0.25) is 0 Å². The number of nitriles is 1. The SMILES string of the molecule is N#CCc1ccc([N+](=O)[O-])c2ncccc12. The largest absolute Gasteiger partial charge is 0.295 e. The molecule has 16 heavy (non-hydrogen) atoms. The molecule has 0 fully saturated rings. The van der Waals surface area contributed by atoms with Crippen LogP contribution in [-0.4, -0.2) is 9.91 Å². The molecule has 0 saturated heterocycles. The maximum Gasteiger partial charge on any atom is 0.295 e. The van der Waals surface area contributed by atoms with Crippen LogP contribution in [0.1, 0.15) is 5.56 Å². The average Bonchev–Trinajstić information content (AvgIpc) is 2.29. The highest BCUT2D eigenvalue weighted by molar-refractivity contribution is 5.89. The first-order valence-electron chi connectivity index (χ1n) is 4.62. The maximum atomic E-state index is 10.8. The zero-order valence-electron chi connectivity index (χ0n) is 8.25. The number of pyridine rings is 1. The van der Waals surface area contributed by atoms with Crippen LogP contribution in [0, 0.1) is 21.4 Å². The van der Waals surface area contributed by atoms with Gasteiger partial charge in [-0.15, -0.1) is 0 Å². The molecule has 78 valence electrons. The lowest BCUT2D eigenvalue weighted by Gasteiger charge is -2.02. The van der Waals surface area contributed by atoms with Crippen molar-refractivity contribution in [3.05, 3.63) is 46.1 Å². The van der Waals surface area contributed by atoms with Gasteiger partial charge in [0.15, 0.2) is 0 Å². The molecule has 0 unspecified atom stereocenters. The van der Waals surface area contributed by atoms with E-state index < -0.39 is 4.92 Å². The van der Waals surface area contributed by atoms with Crippen LogP contribution in [0.4, 0.5) is 5.69 Å². The molecule has 0 aliphatic rings. The van der Waals surface area contributed by atoms with Gasteiger partial charge in [0.25, 0.3) is 5.69 Å². The number of hydrogen-bond donors (Lipinski definition) is 0. The summed E-state index contributed by atoms with van der Waals surface area (Å²) in [5, 5.41) is 20.1. The minimum Gasteiger partial charge on any atom is -0.258 e. The van der Waals surface area contributed by atoms with Gasteiger partial charge < -0.3 is 0 Å². The van der Waals surface area contributed by atoms with Crippen molar-refractivity contribution < 1.29 is 4.92 Å². The quantitative estimate of drug-likeness (QED) is 0.565. The average molecular weight is 213 g/mol. The molecule has 0 saturated carbocycles. The molecule has 5 heteroatoms. The van der Waals surface area contributed by atoms with Crippen molar-refractivity contribution in [3.8, 4) is 6.07 Å². The lowest BCUT2D eigenvalue weighted by molar-refractivity contribution is -0.383. The summed E-state index contributed by atoms with van der Waals surface area (Å²) < 4.78 is 0. The van der Waals surface area contributed by atoms with E-state index in [-0.39, 0.29) is 12.1 Å². The monoisotopic (exact) mass is 213 g/mol. The lowest BCUT2D eigenvalue weighted by Crippen LogP contribution is -1.94. The van der Waals surface area contributed by atoms with E-state index >= 15 is 0 Å². The Labute approximate surface area is 91.1 Å². The molecule has 1 aromatic heterocycles. The number of rotatable bonds is 2. The number of nitro benzene ring substituents is 1. The summed E-state index contributed by atoms with van der Waals surface area (Å²) >= 11 is 0. The van der Waals surface area contributed by atoms with E-state index in [0.29, 0.717) is 10.9 Å². The molecule has 0 aliphatic carbocycles. The van der Waals surface area contributed by atoms with E-state index in [9.17, 15) is 10.1 Å². The summed E-state index contributed by atoms with van der Waals surface area (Å²) in [7, 11) is 0. The summed E-state index contributed by atoms with van der Waals surface area (Å²) in [5.41, 5.74) is 1.06. The van der Waals surface area contributed by atoms with Crippen LogP contribution in [0.15, 0.2) is 30.5 Å². The van der Waals surface area contributed by atoms with Crippen LogP contribution in [0.2, 0.25) is 0 Å². The first-order valence-corrected chi connectivity index (χ1v) is 4.62. The van der Waals surface area contributed by atoms with E-state index in [1.807, 2.05) is 6.07 Å². The van der Waals surface area contributed by atoms with Gasteiger partial charge in [-0.05, 0) is 11.6 Å². The number of aromatic nitrogens is 1. The molecule has 2 aromatic rings. The van der Waals surface area contributed by atoms with Crippen molar-refractivity contribution in [2.45, 2.75) is 6.42 Å². The fourth-order valence-corrected chi connectivity index (χ4v) is 1.60. The summed E-state index contributed by atoms with van der Waals surface area (Å²) in [6.07, 6.45) is 1.73. The van der Waals surface area contributed by atoms with Crippen LogP contribution in [0.25, 0.3) is 10.9 Å². The Bertz CT molecular complexity index is 602. The highest BCUT2D eigenvalue weighted by atomic mass is 16.6. The standard InChI is InChI=1S/C11H7N3O2/c12-6-5-8-3-4-10(14(15)16)11-9(8)2-1-7-13-11/h1-4,7H,5H2. The molecule has 1 aromatic carbocycles. The lowest BCUT2D eigenvalue weighted by atomic mass is 10.1. The van der Waals surface area contributed by atoms with Gasteiger partial charge in [-0.3, -0.25) is 10.1 Å². The molecule has 2 rings (SSSR count). The Kier molecular flexibility index (Phi) is 2.48. The van der Waals surface area contributed by atoms with Crippen LogP contribution in [0.3, 0.4) is 0 Å².